The van der Waals surface area contributed by atoms with Crippen LogP contribution in [0.2, 0.25) is 0 Å². The maximum atomic E-state index is 13.3. The van der Waals surface area contributed by atoms with Gasteiger partial charge in [-0.05, 0) is 44.2 Å². The van der Waals surface area contributed by atoms with Gasteiger partial charge in [-0.15, -0.1) is 11.3 Å². The SMILES string of the molecule is CCOC(=O)c1c(=O)c2ccc(N3CCCNCC3)nc2n2c1sc1ccccc12. The molecule has 7 nitrogen and oxygen atoms in total. The molecule has 0 saturated carbocycles. The van der Waals surface area contributed by atoms with Gasteiger partial charge < -0.3 is 15.0 Å². The lowest BCUT2D eigenvalue weighted by molar-refractivity contribution is 0.0527. The van der Waals surface area contributed by atoms with Gasteiger partial charge in [0.1, 0.15) is 16.2 Å². The standard InChI is InChI=1S/C22H22N4O3S/c1-2-29-22(28)18-19(27)14-8-9-17(25-12-5-10-23-11-13-25)24-20(14)26-15-6-3-4-7-16(15)30-21(18)26/h3-4,6-9,23H,2,5,10-13H2,1H3. The Hall–Kier alpha value is -2.97. The molecule has 1 aromatic carbocycles. The number of pyridine rings is 2. The van der Waals surface area contributed by atoms with E-state index >= 15 is 0 Å². The Bertz CT molecular complexity index is 1320. The molecule has 0 radical (unpaired) electrons. The van der Waals surface area contributed by atoms with Crippen molar-refractivity contribution in [3.8, 4) is 0 Å². The molecule has 0 aliphatic carbocycles. The van der Waals surface area contributed by atoms with E-state index in [-0.39, 0.29) is 17.6 Å². The number of carbonyl (C=O) groups is 1. The molecule has 0 bridgehead atoms. The highest BCUT2D eigenvalue weighted by Crippen LogP contribution is 2.31. The number of esters is 1. The molecule has 1 saturated heterocycles. The molecule has 0 spiro atoms. The summed E-state index contributed by atoms with van der Waals surface area (Å²) in [5.41, 5.74) is 1.26. The highest BCUT2D eigenvalue weighted by atomic mass is 32.1. The van der Waals surface area contributed by atoms with Crippen molar-refractivity contribution in [2.24, 2.45) is 0 Å². The van der Waals surface area contributed by atoms with Crippen molar-refractivity contribution in [1.29, 1.82) is 0 Å². The van der Waals surface area contributed by atoms with Crippen molar-refractivity contribution in [3.05, 3.63) is 52.2 Å². The van der Waals surface area contributed by atoms with Crippen LogP contribution in [0.5, 0.6) is 0 Å². The van der Waals surface area contributed by atoms with Crippen LogP contribution in [0.25, 0.3) is 26.1 Å². The van der Waals surface area contributed by atoms with Gasteiger partial charge in [-0.3, -0.25) is 9.20 Å². The number of thiazole rings is 1. The first-order chi connectivity index (χ1) is 14.7. The highest BCUT2D eigenvalue weighted by molar-refractivity contribution is 7.24. The van der Waals surface area contributed by atoms with Crippen molar-refractivity contribution in [3.63, 3.8) is 0 Å². The fraction of sp³-hybridized carbons (Fsp3) is 0.318. The second kappa shape index (κ2) is 7.70. The van der Waals surface area contributed by atoms with Crippen LogP contribution in [0.1, 0.15) is 23.7 Å². The van der Waals surface area contributed by atoms with Crippen LogP contribution in [0.4, 0.5) is 5.82 Å². The predicted molar refractivity (Wildman–Crippen MR) is 120 cm³/mol. The summed E-state index contributed by atoms with van der Waals surface area (Å²) in [6.45, 7) is 5.62. The van der Waals surface area contributed by atoms with Gasteiger partial charge in [-0.25, -0.2) is 9.78 Å². The number of nitrogens with zero attached hydrogens (tertiary/aromatic N) is 3. The molecule has 0 unspecified atom stereocenters. The molecule has 154 valence electrons. The van der Waals surface area contributed by atoms with Crippen molar-refractivity contribution < 1.29 is 9.53 Å². The number of carbonyl (C=O) groups excluding carboxylic acids is 1. The topological polar surface area (TPSA) is 75.9 Å². The normalized spacial score (nSPS) is 15.0. The van der Waals surface area contributed by atoms with Crippen LogP contribution in [0.3, 0.4) is 0 Å². The molecular formula is C22H22N4O3S. The number of ether oxygens (including phenoxy) is 1. The molecule has 1 N–H and O–H groups in total. The zero-order valence-corrected chi connectivity index (χ0v) is 17.5. The number of hydrogen-bond donors (Lipinski definition) is 1. The molecule has 5 rings (SSSR count). The summed E-state index contributed by atoms with van der Waals surface area (Å²) < 4.78 is 8.13. The maximum absolute atomic E-state index is 13.3. The van der Waals surface area contributed by atoms with Crippen molar-refractivity contribution in [2.75, 3.05) is 37.7 Å². The Balaban J connectivity index is 1.84. The van der Waals surface area contributed by atoms with Crippen LogP contribution >= 0.6 is 11.3 Å². The lowest BCUT2D eigenvalue weighted by atomic mass is 10.2. The van der Waals surface area contributed by atoms with Gasteiger partial charge in [0, 0.05) is 19.6 Å². The fourth-order valence-corrected chi connectivity index (χ4v) is 5.19. The van der Waals surface area contributed by atoms with Gasteiger partial charge in [-0.2, -0.15) is 0 Å². The minimum atomic E-state index is -0.587. The number of anilines is 1. The Labute approximate surface area is 176 Å². The first-order valence-corrected chi connectivity index (χ1v) is 11.0. The second-order valence-electron chi connectivity index (χ2n) is 7.27. The number of aromatic nitrogens is 2. The van der Waals surface area contributed by atoms with Crippen molar-refractivity contribution >= 4 is 49.2 Å². The summed E-state index contributed by atoms with van der Waals surface area (Å²) in [7, 11) is 0. The minimum absolute atomic E-state index is 0.0825. The zero-order chi connectivity index (χ0) is 20.7. The zero-order valence-electron chi connectivity index (χ0n) is 16.7. The number of fused-ring (bicyclic) bond motifs is 5. The third-order valence-electron chi connectivity index (χ3n) is 5.42. The molecule has 0 amide bonds. The lowest BCUT2D eigenvalue weighted by Crippen LogP contribution is -2.29. The molecule has 30 heavy (non-hydrogen) atoms. The van der Waals surface area contributed by atoms with E-state index in [0.717, 1.165) is 48.6 Å². The third kappa shape index (κ3) is 3.03. The van der Waals surface area contributed by atoms with Crippen molar-refractivity contribution in [2.45, 2.75) is 13.3 Å². The van der Waals surface area contributed by atoms with Gasteiger partial charge in [0.05, 0.1) is 22.2 Å². The summed E-state index contributed by atoms with van der Waals surface area (Å²) in [5, 5.41) is 3.83. The molecule has 8 heteroatoms. The van der Waals surface area contributed by atoms with E-state index in [9.17, 15) is 9.59 Å². The van der Waals surface area contributed by atoms with Crippen LogP contribution < -0.4 is 15.6 Å². The monoisotopic (exact) mass is 422 g/mol. The molecule has 1 aliphatic rings. The Morgan fingerprint density at radius 2 is 2.07 bits per heavy atom. The Kier molecular flexibility index (Phi) is 4.88. The van der Waals surface area contributed by atoms with Gasteiger partial charge in [-0.1, -0.05) is 12.1 Å². The molecular weight excluding hydrogens is 400 g/mol. The molecule has 1 aliphatic heterocycles. The third-order valence-corrected chi connectivity index (χ3v) is 6.56. The summed E-state index contributed by atoms with van der Waals surface area (Å²) >= 11 is 1.41. The van der Waals surface area contributed by atoms with Gasteiger partial charge in [0.2, 0.25) is 5.43 Å². The average Bonchev–Trinajstić information content (AvgIpc) is 2.93. The molecule has 4 heterocycles. The lowest BCUT2D eigenvalue weighted by Gasteiger charge is -2.21. The maximum Gasteiger partial charge on any atom is 0.345 e. The highest BCUT2D eigenvalue weighted by Gasteiger charge is 2.24. The van der Waals surface area contributed by atoms with E-state index in [2.05, 4.69) is 10.2 Å². The van der Waals surface area contributed by atoms with E-state index < -0.39 is 5.97 Å². The summed E-state index contributed by atoms with van der Waals surface area (Å²) in [6.07, 6.45) is 1.04. The van der Waals surface area contributed by atoms with Crippen LogP contribution in [-0.4, -0.2) is 48.1 Å². The summed E-state index contributed by atoms with van der Waals surface area (Å²) in [6, 6.07) is 11.5. The first kappa shape index (κ1) is 19.0. The first-order valence-electron chi connectivity index (χ1n) is 10.2. The molecule has 3 aromatic heterocycles. The quantitative estimate of drug-likeness (QED) is 0.512. The van der Waals surface area contributed by atoms with Gasteiger partial charge in [0.25, 0.3) is 0 Å². The number of rotatable bonds is 3. The van der Waals surface area contributed by atoms with E-state index in [4.69, 9.17) is 9.72 Å². The van der Waals surface area contributed by atoms with Gasteiger partial charge in [0.15, 0.2) is 5.65 Å². The van der Waals surface area contributed by atoms with E-state index in [1.807, 2.05) is 34.7 Å². The number of para-hydroxylation sites is 1. The summed E-state index contributed by atoms with van der Waals surface area (Å²) in [4.78, 5) is 33.7. The molecule has 0 atom stereocenters. The summed E-state index contributed by atoms with van der Waals surface area (Å²) in [5.74, 6) is 0.259. The smallest absolute Gasteiger partial charge is 0.345 e. The second-order valence-corrected chi connectivity index (χ2v) is 8.30. The Morgan fingerprint density at radius 3 is 2.93 bits per heavy atom. The molecule has 1 fully saturated rings. The van der Waals surface area contributed by atoms with E-state index in [1.54, 1.807) is 13.0 Å². The predicted octanol–water partition coefficient (Wildman–Crippen LogP) is 3.04. The Morgan fingerprint density at radius 1 is 1.20 bits per heavy atom. The minimum Gasteiger partial charge on any atom is -0.462 e. The molecule has 4 aromatic rings. The van der Waals surface area contributed by atoms with E-state index in [1.165, 1.54) is 11.3 Å². The number of benzene rings is 1. The van der Waals surface area contributed by atoms with Crippen LogP contribution in [0.15, 0.2) is 41.2 Å². The fourth-order valence-electron chi connectivity index (χ4n) is 4.01. The van der Waals surface area contributed by atoms with Crippen LogP contribution in [0, 0.1) is 0 Å². The number of hydrogen-bond acceptors (Lipinski definition) is 7. The largest absolute Gasteiger partial charge is 0.462 e. The van der Waals surface area contributed by atoms with Crippen molar-refractivity contribution in [1.82, 2.24) is 14.7 Å². The number of nitrogens with one attached hydrogen (secondary N) is 1. The average molecular weight is 423 g/mol. The van der Waals surface area contributed by atoms with E-state index in [0.29, 0.717) is 15.9 Å². The van der Waals surface area contributed by atoms with Gasteiger partial charge >= 0.3 is 5.97 Å². The van der Waals surface area contributed by atoms with Crippen LogP contribution in [-0.2, 0) is 4.74 Å².